The van der Waals surface area contributed by atoms with E-state index >= 15 is 0 Å². The van der Waals surface area contributed by atoms with Crippen molar-refractivity contribution in [1.29, 1.82) is 0 Å². The zero-order chi connectivity index (χ0) is 3.41. The van der Waals surface area contributed by atoms with Crippen LogP contribution in [-0.2, 0) is 5.48 Å². The van der Waals surface area contributed by atoms with Crippen molar-refractivity contribution in [3.05, 3.63) is 0 Å². The fourth-order valence-corrected chi connectivity index (χ4v) is 0. The van der Waals surface area contributed by atoms with Crippen LogP contribution in [0.5, 0.6) is 0 Å². The summed E-state index contributed by atoms with van der Waals surface area (Å²) in [6.45, 7) is 2.25. The van der Waals surface area contributed by atoms with E-state index in [0.717, 1.165) is 6.42 Å². The minimum atomic E-state index is 0. The van der Waals surface area contributed by atoms with E-state index in [2.05, 4.69) is 0 Å². The van der Waals surface area contributed by atoms with Gasteiger partial charge in [0.1, 0.15) is 0 Å². The first-order valence-corrected chi connectivity index (χ1v) is 1.52. The molecule has 0 rings (SSSR count). The van der Waals surface area contributed by atoms with Crippen molar-refractivity contribution in [2.24, 2.45) is 0 Å². The molecule has 2 nitrogen and oxygen atoms in total. The summed E-state index contributed by atoms with van der Waals surface area (Å²) in [7, 11) is 0. The second-order valence-corrected chi connectivity index (χ2v) is 0.724. The van der Waals surface area contributed by atoms with Crippen LogP contribution in [0.2, 0.25) is 0 Å². The molecule has 0 unspecified atom stereocenters. The summed E-state index contributed by atoms with van der Waals surface area (Å²) in [5, 5.41) is 7.88. The van der Waals surface area contributed by atoms with Crippen molar-refractivity contribution in [2.75, 3.05) is 6.61 Å². The number of aliphatic hydroxyl groups is 1. The number of aliphatic hydroxyl groups excluding tert-OH is 1. The molecule has 0 spiro atoms. The summed E-state index contributed by atoms with van der Waals surface area (Å²) in [6.07, 6.45) is 0.875. The molecule has 0 aromatic carbocycles. The molecule has 7 heavy (non-hydrogen) atoms. The molecule has 0 aromatic rings. The van der Waals surface area contributed by atoms with Crippen LogP contribution >= 0.6 is 0 Å². The van der Waals surface area contributed by atoms with Crippen molar-refractivity contribution in [3.8, 4) is 0 Å². The number of hydrogen-bond acceptors (Lipinski definition) is 1. The Morgan fingerprint density at radius 3 is 1.43 bits per heavy atom. The summed E-state index contributed by atoms with van der Waals surface area (Å²) in [5.74, 6) is 0. The van der Waals surface area contributed by atoms with Crippen molar-refractivity contribution in [1.82, 2.24) is 0 Å². The van der Waals surface area contributed by atoms with Gasteiger partial charge in [-0.3, -0.25) is 0 Å². The van der Waals surface area contributed by atoms with Crippen molar-refractivity contribution >= 4 is 0 Å². The van der Waals surface area contributed by atoms with E-state index < -0.39 is 0 Å². The molecule has 0 saturated heterocycles. The van der Waals surface area contributed by atoms with Crippen LogP contribution in [0.1, 0.15) is 13.3 Å². The van der Waals surface area contributed by atoms with E-state index in [1.807, 2.05) is 6.92 Å². The van der Waals surface area contributed by atoms with Gasteiger partial charge in [-0.05, 0) is 6.42 Å². The minimum absolute atomic E-state index is 0. The van der Waals surface area contributed by atoms with Crippen molar-refractivity contribution in [3.63, 3.8) is 0 Å². The molecule has 0 aromatic heterocycles. The summed E-state index contributed by atoms with van der Waals surface area (Å²) in [6, 6.07) is 0. The Labute approximate surface area is 130 Å². The second-order valence-electron chi connectivity index (χ2n) is 0.724. The molecule has 0 bridgehead atoms. The van der Waals surface area contributed by atoms with Gasteiger partial charge < -0.3 is 10.6 Å². The van der Waals surface area contributed by atoms with Gasteiger partial charge in [-0.15, -0.1) is 0 Å². The van der Waals surface area contributed by atoms with E-state index in [1.165, 1.54) is 0 Å². The largest absolute Gasteiger partial charge is 2.00 e. The van der Waals surface area contributed by atoms with Crippen LogP contribution in [0.4, 0.5) is 0 Å². The number of hydrogen-bond donors (Lipinski definition) is 1. The average Bonchev–Trinajstić information content (AvgIpc) is 1.37. The van der Waals surface area contributed by atoms with Crippen molar-refractivity contribution < 1.29 is 113 Å². The molecule has 0 radical (unpaired) electrons. The summed E-state index contributed by atoms with van der Waals surface area (Å²) >= 11 is 0. The molecule has 0 saturated carbocycles. The van der Waals surface area contributed by atoms with Gasteiger partial charge in [0.15, 0.2) is 0 Å². The quantitative estimate of drug-likeness (QED) is 0.376. The predicted octanol–water partition coefficient (Wildman–Crippen LogP) is -5.72. The Morgan fingerprint density at radius 2 is 1.43 bits per heavy atom. The third kappa shape index (κ3) is 27.1. The van der Waals surface area contributed by atoms with Gasteiger partial charge >= 0.3 is 103 Å². The molecule has 1 N–H and O–H groups in total. The first-order chi connectivity index (χ1) is 1.91. The van der Waals surface area contributed by atoms with Gasteiger partial charge in [0, 0.05) is 6.61 Å². The Kier molecular flexibility index (Phi) is 73.4. The fourth-order valence-electron chi connectivity index (χ4n) is 0. The van der Waals surface area contributed by atoms with Crippen LogP contribution in [0, 0.1) is 0 Å². The number of rotatable bonds is 1. The van der Waals surface area contributed by atoms with E-state index in [1.54, 1.807) is 0 Å². The summed E-state index contributed by atoms with van der Waals surface area (Å²) < 4.78 is 0. The Morgan fingerprint density at radius 1 is 1.29 bits per heavy atom. The first-order valence-electron chi connectivity index (χ1n) is 1.52. The molecule has 0 atom stereocenters. The maximum atomic E-state index is 7.88. The van der Waals surface area contributed by atoms with Crippen molar-refractivity contribution in [2.45, 2.75) is 13.3 Å². The van der Waals surface area contributed by atoms with Crippen LogP contribution in [0.3, 0.4) is 0 Å². The maximum Gasteiger partial charge on any atom is 1.00 e. The molecular formula is C3H8K2O2. The molecule has 0 fully saturated rings. The molecule has 34 valence electrons. The maximum absolute atomic E-state index is 7.88. The third-order valence-corrected chi connectivity index (χ3v) is 0.224. The van der Waals surface area contributed by atoms with E-state index in [0.29, 0.717) is 6.61 Å². The van der Waals surface area contributed by atoms with E-state index in [-0.39, 0.29) is 108 Å². The second kappa shape index (κ2) is 22.9. The van der Waals surface area contributed by atoms with Crippen LogP contribution in [-0.4, -0.2) is 11.7 Å². The van der Waals surface area contributed by atoms with E-state index in [4.69, 9.17) is 5.11 Å². The van der Waals surface area contributed by atoms with Gasteiger partial charge in [0.2, 0.25) is 0 Å². The van der Waals surface area contributed by atoms with Gasteiger partial charge in [0.25, 0.3) is 0 Å². The van der Waals surface area contributed by atoms with Gasteiger partial charge in [0.05, 0.1) is 0 Å². The zero-order valence-electron chi connectivity index (χ0n) is 5.27. The summed E-state index contributed by atoms with van der Waals surface area (Å²) in [5.41, 5.74) is 0. The van der Waals surface area contributed by atoms with Crippen LogP contribution in [0.25, 0.3) is 0 Å². The SMILES string of the molecule is CCCO.[K+].[K+].[O-2]. The molecule has 0 aliphatic carbocycles. The fraction of sp³-hybridized carbons (Fsp3) is 1.00. The predicted molar refractivity (Wildman–Crippen MR) is 18.1 cm³/mol. The molecule has 4 heteroatoms. The average molecular weight is 154 g/mol. The minimum Gasteiger partial charge on any atom is -2.00 e. The smallest absolute Gasteiger partial charge is 1.00 e. The molecular weight excluding hydrogens is 146 g/mol. The van der Waals surface area contributed by atoms with Gasteiger partial charge in [-0.25, -0.2) is 0 Å². The van der Waals surface area contributed by atoms with Crippen LogP contribution < -0.4 is 103 Å². The third-order valence-electron chi connectivity index (χ3n) is 0.224. The monoisotopic (exact) mass is 154 g/mol. The van der Waals surface area contributed by atoms with Gasteiger partial charge in [-0.2, -0.15) is 0 Å². The standard InChI is InChI=1S/C3H8O.2K.O/c1-2-3-4;;;/h4H,2-3H2,1H3;;;/q;2*+1;-2. The first kappa shape index (κ1) is 22.5. The van der Waals surface area contributed by atoms with Gasteiger partial charge in [-0.1, -0.05) is 6.92 Å². The topological polar surface area (TPSA) is 48.7 Å². The van der Waals surface area contributed by atoms with Crippen LogP contribution in [0.15, 0.2) is 0 Å². The molecule has 0 heterocycles. The summed E-state index contributed by atoms with van der Waals surface area (Å²) in [4.78, 5) is 0. The molecule has 0 amide bonds. The normalized spacial score (nSPS) is 4.29. The Bertz CT molecular complexity index is 12.9. The Balaban J connectivity index is -0.0000000150. The molecule has 0 aliphatic rings. The molecule has 0 aliphatic heterocycles. The zero-order valence-corrected chi connectivity index (χ0v) is 11.5. The van der Waals surface area contributed by atoms with E-state index in [9.17, 15) is 0 Å². The Hall–Kier alpha value is 3.19.